The summed E-state index contributed by atoms with van der Waals surface area (Å²) >= 11 is 0.900. The van der Waals surface area contributed by atoms with Gasteiger partial charge in [-0.2, -0.15) is 0 Å². The normalized spacial score (nSPS) is 10.4. The van der Waals surface area contributed by atoms with Gasteiger partial charge in [0.2, 0.25) is 0 Å². The van der Waals surface area contributed by atoms with Gasteiger partial charge in [0, 0.05) is 6.07 Å². The summed E-state index contributed by atoms with van der Waals surface area (Å²) in [6.45, 7) is 0. The first-order valence-electron chi connectivity index (χ1n) is 7.70. The van der Waals surface area contributed by atoms with Crippen molar-refractivity contribution >= 4 is 39.8 Å². The van der Waals surface area contributed by atoms with Gasteiger partial charge in [0.25, 0.3) is 11.8 Å². The van der Waals surface area contributed by atoms with Crippen LogP contribution in [0.4, 0.5) is 25.4 Å². The molecule has 2 heterocycles. The van der Waals surface area contributed by atoms with Crippen LogP contribution in [0.15, 0.2) is 36.7 Å². The SMILES string of the molecule is COc1ccc(NC(=O)c2cc(NC(=O)c3cnc(N)s3)c(F)cc2F)nc1. The van der Waals surface area contributed by atoms with Gasteiger partial charge in [0.05, 0.1) is 30.8 Å². The lowest BCUT2D eigenvalue weighted by molar-refractivity contribution is 0.101. The van der Waals surface area contributed by atoms with Crippen LogP contribution in [0, 0.1) is 11.6 Å². The van der Waals surface area contributed by atoms with Crippen molar-refractivity contribution in [2.24, 2.45) is 0 Å². The number of amides is 2. The molecule has 0 unspecified atom stereocenters. The number of hydrogen-bond donors (Lipinski definition) is 3. The first-order chi connectivity index (χ1) is 13.4. The molecule has 0 aliphatic heterocycles. The third kappa shape index (κ3) is 4.20. The molecule has 3 aromatic rings. The number of carbonyl (C=O) groups is 2. The molecule has 28 heavy (non-hydrogen) atoms. The van der Waals surface area contributed by atoms with Crippen molar-refractivity contribution in [3.8, 4) is 5.75 Å². The summed E-state index contributed by atoms with van der Waals surface area (Å²) in [4.78, 5) is 32.2. The van der Waals surface area contributed by atoms with Crippen LogP contribution in [-0.2, 0) is 0 Å². The van der Waals surface area contributed by atoms with E-state index in [1.54, 1.807) is 6.07 Å². The number of thiazole rings is 1. The summed E-state index contributed by atoms with van der Waals surface area (Å²) in [5.41, 5.74) is 4.61. The highest BCUT2D eigenvalue weighted by Gasteiger charge is 2.19. The summed E-state index contributed by atoms with van der Waals surface area (Å²) in [5.74, 6) is -3.08. The number of aromatic nitrogens is 2. The van der Waals surface area contributed by atoms with Crippen LogP contribution in [0.3, 0.4) is 0 Å². The van der Waals surface area contributed by atoms with Gasteiger partial charge in [-0.25, -0.2) is 18.7 Å². The second-order valence-corrected chi connectivity index (χ2v) is 6.43. The van der Waals surface area contributed by atoms with Crippen LogP contribution in [0.25, 0.3) is 0 Å². The topological polar surface area (TPSA) is 119 Å². The standard InChI is InChI=1S/C17H13F2N5O3S/c1-27-8-2-3-14(21-6-8)24-15(25)9-4-12(11(19)5-10(9)18)23-16(26)13-7-22-17(20)28-13/h2-7H,1H3,(H2,20,22)(H,23,26)(H,21,24,25). The van der Waals surface area contributed by atoms with Gasteiger partial charge < -0.3 is 21.1 Å². The van der Waals surface area contributed by atoms with Gasteiger partial charge in [-0.05, 0) is 18.2 Å². The largest absolute Gasteiger partial charge is 0.495 e. The average Bonchev–Trinajstić information content (AvgIpc) is 3.11. The van der Waals surface area contributed by atoms with Crippen LogP contribution in [-0.4, -0.2) is 28.9 Å². The summed E-state index contributed by atoms with van der Waals surface area (Å²) in [6, 6.07) is 4.41. The Hall–Kier alpha value is -3.60. The number of carbonyl (C=O) groups excluding carboxylic acids is 2. The fraction of sp³-hybridized carbons (Fsp3) is 0.0588. The maximum absolute atomic E-state index is 14.1. The highest BCUT2D eigenvalue weighted by atomic mass is 32.1. The maximum atomic E-state index is 14.1. The maximum Gasteiger partial charge on any atom is 0.267 e. The number of methoxy groups -OCH3 is 1. The number of nitrogens with one attached hydrogen (secondary N) is 2. The van der Waals surface area contributed by atoms with Crippen molar-refractivity contribution < 1.29 is 23.1 Å². The Morgan fingerprint density at radius 3 is 2.46 bits per heavy atom. The third-order valence-corrected chi connectivity index (χ3v) is 4.34. The van der Waals surface area contributed by atoms with Crippen LogP contribution >= 0.6 is 11.3 Å². The first-order valence-corrected chi connectivity index (χ1v) is 8.52. The van der Waals surface area contributed by atoms with Crippen LogP contribution < -0.4 is 21.1 Å². The van der Waals surface area contributed by atoms with E-state index in [9.17, 15) is 18.4 Å². The van der Waals surface area contributed by atoms with Gasteiger partial charge in [-0.3, -0.25) is 9.59 Å². The number of nitrogens with two attached hydrogens (primary N) is 1. The minimum absolute atomic E-state index is 0.134. The van der Waals surface area contributed by atoms with Crippen molar-refractivity contribution in [3.05, 3.63) is 58.7 Å². The van der Waals surface area contributed by atoms with E-state index in [-0.39, 0.29) is 21.5 Å². The fourth-order valence-corrected chi connectivity index (χ4v) is 2.73. The molecule has 0 fully saturated rings. The molecule has 0 radical (unpaired) electrons. The van der Waals surface area contributed by atoms with Gasteiger partial charge in [0.15, 0.2) is 5.13 Å². The number of ether oxygens (including phenoxy) is 1. The molecule has 1 aromatic carbocycles. The quantitative estimate of drug-likeness (QED) is 0.601. The molecule has 0 saturated heterocycles. The van der Waals surface area contributed by atoms with Gasteiger partial charge >= 0.3 is 0 Å². The van der Waals surface area contributed by atoms with E-state index >= 15 is 0 Å². The summed E-state index contributed by atoms with van der Waals surface area (Å²) in [6.07, 6.45) is 2.59. The Bertz CT molecular complexity index is 1040. The Labute approximate surface area is 161 Å². The van der Waals surface area contributed by atoms with E-state index in [0.717, 1.165) is 17.4 Å². The van der Waals surface area contributed by atoms with E-state index < -0.39 is 29.0 Å². The minimum Gasteiger partial charge on any atom is -0.495 e. The molecule has 144 valence electrons. The molecule has 3 rings (SSSR count). The summed E-state index contributed by atoms with van der Waals surface area (Å²) < 4.78 is 33.1. The predicted octanol–water partition coefficient (Wildman–Crippen LogP) is 2.91. The molecule has 0 saturated carbocycles. The Morgan fingerprint density at radius 2 is 1.86 bits per heavy atom. The molecule has 11 heteroatoms. The smallest absolute Gasteiger partial charge is 0.267 e. The van der Waals surface area contributed by atoms with Crippen molar-refractivity contribution in [1.29, 1.82) is 0 Å². The zero-order valence-electron chi connectivity index (χ0n) is 14.3. The van der Waals surface area contributed by atoms with Crippen molar-refractivity contribution in [2.45, 2.75) is 0 Å². The van der Waals surface area contributed by atoms with Crippen molar-refractivity contribution in [3.63, 3.8) is 0 Å². The molecule has 0 aliphatic rings. The van der Waals surface area contributed by atoms with E-state index in [2.05, 4.69) is 20.6 Å². The number of nitrogen functional groups attached to an aromatic ring is 1. The summed E-state index contributed by atoms with van der Waals surface area (Å²) in [5, 5.41) is 4.81. The predicted molar refractivity (Wildman–Crippen MR) is 99.6 cm³/mol. The second kappa shape index (κ2) is 7.96. The lowest BCUT2D eigenvalue weighted by Gasteiger charge is -2.10. The highest BCUT2D eigenvalue weighted by Crippen LogP contribution is 2.23. The number of benzene rings is 1. The van der Waals surface area contributed by atoms with Crippen LogP contribution in [0.1, 0.15) is 20.0 Å². The number of pyridine rings is 1. The molecule has 2 amide bonds. The molecule has 0 spiro atoms. The average molecular weight is 405 g/mol. The van der Waals surface area contributed by atoms with Crippen molar-refractivity contribution in [2.75, 3.05) is 23.5 Å². The first kappa shape index (κ1) is 19.2. The Morgan fingerprint density at radius 1 is 1.07 bits per heavy atom. The molecular formula is C17H13F2N5O3S. The lowest BCUT2D eigenvalue weighted by Crippen LogP contribution is -2.17. The second-order valence-electron chi connectivity index (χ2n) is 5.37. The Balaban J connectivity index is 1.81. The molecular weight excluding hydrogens is 392 g/mol. The Kier molecular flexibility index (Phi) is 5.45. The van der Waals surface area contributed by atoms with E-state index in [1.807, 2.05) is 0 Å². The third-order valence-electron chi connectivity index (χ3n) is 3.51. The lowest BCUT2D eigenvalue weighted by atomic mass is 10.1. The zero-order chi connectivity index (χ0) is 20.3. The number of rotatable bonds is 5. The monoisotopic (exact) mass is 405 g/mol. The van der Waals surface area contributed by atoms with Gasteiger partial charge in [-0.15, -0.1) is 0 Å². The number of anilines is 3. The van der Waals surface area contributed by atoms with Gasteiger partial charge in [0.1, 0.15) is 28.1 Å². The van der Waals surface area contributed by atoms with E-state index in [4.69, 9.17) is 10.5 Å². The molecule has 2 aromatic heterocycles. The van der Waals surface area contributed by atoms with E-state index in [0.29, 0.717) is 11.8 Å². The highest BCUT2D eigenvalue weighted by molar-refractivity contribution is 7.17. The number of halogens is 2. The molecule has 0 aliphatic carbocycles. The van der Waals surface area contributed by atoms with Crippen LogP contribution in [0.2, 0.25) is 0 Å². The van der Waals surface area contributed by atoms with Gasteiger partial charge in [-0.1, -0.05) is 11.3 Å². The molecule has 0 bridgehead atoms. The van der Waals surface area contributed by atoms with E-state index in [1.165, 1.54) is 25.6 Å². The summed E-state index contributed by atoms with van der Waals surface area (Å²) in [7, 11) is 1.46. The zero-order valence-corrected chi connectivity index (χ0v) is 15.1. The molecule has 8 nitrogen and oxygen atoms in total. The van der Waals surface area contributed by atoms with Crippen molar-refractivity contribution in [1.82, 2.24) is 9.97 Å². The fourth-order valence-electron chi connectivity index (χ4n) is 2.15. The molecule has 0 atom stereocenters. The van der Waals surface area contributed by atoms with Crippen LogP contribution in [0.5, 0.6) is 5.75 Å². The number of nitrogens with zero attached hydrogens (tertiary/aromatic N) is 2. The number of hydrogen-bond acceptors (Lipinski definition) is 7. The molecule has 4 N–H and O–H groups in total. The minimum atomic E-state index is -1.09.